The third kappa shape index (κ3) is 4.13. The van der Waals surface area contributed by atoms with Crippen LogP contribution in [-0.4, -0.2) is 34.2 Å². The molecule has 2 heterocycles. The number of hydrogen-bond donors (Lipinski definition) is 1. The van der Waals surface area contributed by atoms with Gasteiger partial charge in [0.25, 0.3) is 11.6 Å². The minimum absolute atomic E-state index is 0.00327. The number of amides is 2. The molecular weight excluding hydrogens is 410 g/mol. The molecule has 1 N–H and O–H groups in total. The van der Waals surface area contributed by atoms with E-state index in [1.165, 1.54) is 18.2 Å². The van der Waals surface area contributed by atoms with E-state index in [0.717, 1.165) is 36.3 Å². The van der Waals surface area contributed by atoms with Crippen LogP contribution in [0.3, 0.4) is 0 Å². The number of furan rings is 1. The highest BCUT2D eigenvalue weighted by Gasteiger charge is 2.39. The number of nitro benzene ring substituents is 1. The van der Waals surface area contributed by atoms with Gasteiger partial charge < -0.3 is 14.6 Å². The predicted octanol–water partition coefficient (Wildman–Crippen LogP) is 4.24. The van der Waals surface area contributed by atoms with Crippen LogP contribution < -0.4 is 5.32 Å². The summed E-state index contributed by atoms with van der Waals surface area (Å²) in [7, 11) is 0. The number of nitrogens with one attached hydrogen (secondary N) is 1. The number of fused-ring (bicyclic) bond motifs is 1. The van der Waals surface area contributed by atoms with Gasteiger partial charge in [-0.1, -0.05) is 13.8 Å². The molecule has 1 aromatic heterocycles. The van der Waals surface area contributed by atoms with E-state index in [4.69, 9.17) is 4.42 Å². The van der Waals surface area contributed by atoms with Gasteiger partial charge in [-0.05, 0) is 56.7 Å². The van der Waals surface area contributed by atoms with Gasteiger partial charge in [0.15, 0.2) is 0 Å². The molecule has 2 amide bonds. The van der Waals surface area contributed by atoms with Crippen molar-refractivity contribution in [2.45, 2.75) is 65.5 Å². The van der Waals surface area contributed by atoms with Gasteiger partial charge >= 0.3 is 0 Å². The maximum atomic E-state index is 13.3. The van der Waals surface area contributed by atoms with Crippen LogP contribution in [0.2, 0.25) is 0 Å². The summed E-state index contributed by atoms with van der Waals surface area (Å²) >= 11 is 0. The van der Waals surface area contributed by atoms with Crippen molar-refractivity contribution in [3.05, 3.63) is 62.6 Å². The number of aryl methyl sites for hydroxylation is 2. The summed E-state index contributed by atoms with van der Waals surface area (Å²) in [5.41, 5.74) is 1.78. The highest BCUT2D eigenvalue weighted by atomic mass is 16.6. The number of benzene rings is 1. The molecule has 2 aromatic rings. The molecule has 8 heteroatoms. The van der Waals surface area contributed by atoms with Crippen molar-refractivity contribution in [2.75, 3.05) is 6.54 Å². The Morgan fingerprint density at radius 3 is 2.69 bits per heavy atom. The van der Waals surface area contributed by atoms with Crippen LogP contribution in [-0.2, 0) is 11.2 Å². The van der Waals surface area contributed by atoms with E-state index in [-0.39, 0.29) is 29.0 Å². The maximum Gasteiger partial charge on any atom is 0.272 e. The van der Waals surface area contributed by atoms with E-state index in [2.05, 4.69) is 19.2 Å². The van der Waals surface area contributed by atoms with Gasteiger partial charge in [-0.2, -0.15) is 0 Å². The molecule has 2 unspecified atom stereocenters. The molecule has 2 atom stereocenters. The summed E-state index contributed by atoms with van der Waals surface area (Å²) in [6.07, 6.45) is 2.96. The second-order valence-electron chi connectivity index (χ2n) is 9.76. The van der Waals surface area contributed by atoms with Crippen LogP contribution in [0.5, 0.6) is 0 Å². The standard InChI is InChI=1S/C24H29N3O5/c1-14-10-16(7-8-19(14)27(30)31)23(29)26-9-5-6-20(26)22(28)25-18-12-24(3,4)13-21-17(18)11-15(2)32-21/h7-8,10-11,18,20H,5-6,9,12-13H2,1-4H3,(H,25,28). The lowest BCUT2D eigenvalue weighted by molar-refractivity contribution is -0.385. The molecule has 1 aliphatic carbocycles. The fraction of sp³-hybridized carbons (Fsp3) is 0.500. The summed E-state index contributed by atoms with van der Waals surface area (Å²) in [4.78, 5) is 38.6. The Morgan fingerprint density at radius 1 is 1.25 bits per heavy atom. The van der Waals surface area contributed by atoms with Crippen molar-refractivity contribution in [3.63, 3.8) is 0 Å². The molecule has 4 rings (SSSR count). The summed E-state index contributed by atoms with van der Waals surface area (Å²) < 4.78 is 5.87. The fourth-order valence-electron chi connectivity index (χ4n) is 5.02. The molecule has 0 radical (unpaired) electrons. The Bertz CT molecular complexity index is 1090. The van der Waals surface area contributed by atoms with Crippen molar-refractivity contribution >= 4 is 17.5 Å². The van der Waals surface area contributed by atoms with Crippen molar-refractivity contribution < 1.29 is 18.9 Å². The molecule has 1 aliphatic heterocycles. The number of carbonyl (C=O) groups is 2. The summed E-state index contributed by atoms with van der Waals surface area (Å²) in [5, 5.41) is 14.3. The lowest BCUT2D eigenvalue weighted by Crippen LogP contribution is -2.48. The SMILES string of the molecule is Cc1cc2c(o1)CC(C)(C)CC2NC(=O)C1CCCN1C(=O)c1ccc([N+](=O)[O-])c(C)c1. The van der Waals surface area contributed by atoms with E-state index >= 15 is 0 Å². The van der Waals surface area contributed by atoms with E-state index in [1.54, 1.807) is 11.8 Å². The Morgan fingerprint density at radius 2 is 2.00 bits per heavy atom. The Balaban J connectivity index is 1.52. The number of carbonyl (C=O) groups excluding carboxylic acids is 2. The molecule has 0 spiro atoms. The van der Waals surface area contributed by atoms with Crippen molar-refractivity contribution in [2.24, 2.45) is 5.41 Å². The van der Waals surface area contributed by atoms with Gasteiger partial charge in [-0.25, -0.2) is 0 Å². The maximum absolute atomic E-state index is 13.3. The average molecular weight is 440 g/mol. The third-order valence-corrected chi connectivity index (χ3v) is 6.51. The zero-order valence-corrected chi connectivity index (χ0v) is 18.9. The molecule has 0 saturated carbocycles. The van der Waals surface area contributed by atoms with Crippen molar-refractivity contribution in [1.29, 1.82) is 0 Å². The number of nitrogens with zero attached hydrogens (tertiary/aromatic N) is 2. The minimum atomic E-state index is -0.556. The topological polar surface area (TPSA) is 106 Å². The van der Waals surface area contributed by atoms with E-state index in [0.29, 0.717) is 24.1 Å². The van der Waals surface area contributed by atoms with E-state index < -0.39 is 11.0 Å². The van der Waals surface area contributed by atoms with Gasteiger partial charge in [-0.15, -0.1) is 0 Å². The van der Waals surface area contributed by atoms with Crippen molar-refractivity contribution in [1.82, 2.24) is 10.2 Å². The van der Waals surface area contributed by atoms with Crippen LogP contribution in [0.4, 0.5) is 5.69 Å². The van der Waals surface area contributed by atoms with Gasteiger partial charge in [0, 0.05) is 35.7 Å². The highest BCUT2D eigenvalue weighted by Crippen LogP contribution is 2.42. The van der Waals surface area contributed by atoms with Crippen LogP contribution in [0.1, 0.15) is 72.2 Å². The number of rotatable bonds is 4. The normalized spacial score (nSPS) is 21.8. The first-order chi connectivity index (χ1) is 15.1. The van der Waals surface area contributed by atoms with Crippen LogP contribution >= 0.6 is 0 Å². The zero-order chi connectivity index (χ0) is 23.2. The quantitative estimate of drug-likeness (QED) is 0.567. The first-order valence-corrected chi connectivity index (χ1v) is 11.0. The smallest absolute Gasteiger partial charge is 0.272 e. The third-order valence-electron chi connectivity index (χ3n) is 6.51. The van der Waals surface area contributed by atoms with Gasteiger partial charge in [0.2, 0.25) is 5.91 Å². The Hall–Kier alpha value is -3.16. The molecule has 32 heavy (non-hydrogen) atoms. The Labute approximate surface area is 187 Å². The number of nitro groups is 1. The summed E-state index contributed by atoms with van der Waals surface area (Å²) in [5.74, 6) is 1.31. The molecule has 170 valence electrons. The molecule has 1 saturated heterocycles. The summed E-state index contributed by atoms with van der Waals surface area (Å²) in [6.45, 7) is 8.33. The first kappa shape index (κ1) is 22.0. The lowest BCUT2D eigenvalue weighted by Gasteiger charge is -2.35. The van der Waals surface area contributed by atoms with Gasteiger partial charge in [0.1, 0.15) is 17.6 Å². The molecule has 1 fully saturated rings. The monoisotopic (exact) mass is 439 g/mol. The molecular formula is C24H29N3O5. The zero-order valence-electron chi connectivity index (χ0n) is 18.9. The van der Waals surface area contributed by atoms with E-state index in [9.17, 15) is 19.7 Å². The summed E-state index contributed by atoms with van der Waals surface area (Å²) in [6, 6.07) is 5.62. The van der Waals surface area contributed by atoms with Crippen LogP contribution in [0.25, 0.3) is 0 Å². The number of likely N-dealkylation sites (tertiary alicyclic amines) is 1. The molecule has 0 bridgehead atoms. The van der Waals surface area contributed by atoms with Crippen molar-refractivity contribution in [3.8, 4) is 0 Å². The fourth-order valence-corrected chi connectivity index (χ4v) is 5.02. The molecule has 2 aliphatic rings. The van der Waals surface area contributed by atoms with Gasteiger partial charge in [-0.3, -0.25) is 19.7 Å². The average Bonchev–Trinajstić information content (AvgIpc) is 3.32. The van der Waals surface area contributed by atoms with E-state index in [1.807, 2.05) is 13.0 Å². The van der Waals surface area contributed by atoms with Crippen LogP contribution in [0, 0.1) is 29.4 Å². The molecule has 1 aromatic carbocycles. The van der Waals surface area contributed by atoms with Crippen LogP contribution in [0.15, 0.2) is 28.7 Å². The molecule has 8 nitrogen and oxygen atoms in total. The first-order valence-electron chi connectivity index (χ1n) is 11.0. The Kier molecular flexibility index (Phi) is 5.56. The van der Waals surface area contributed by atoms with Gasteiger partial charge in [0.05, 0.1) is 11.0 Å². The predicted molar refractivity (Wildman–Crippen MR) is 118 cm³/mol. The number of hydrogen-bond acceptors (Lipinski definition) is 5. The largest absolute Gasteiger partial charge is 0.466 e. The minimum Gasteiger partial charge on any atom is -0.466 e. The lowest BCUT2D eigenvalue weighted by atomic mass is 9.74. The highest BCUT2D eigenvalue weighted by molar-refractivity contribution is 5.98. The second kappa shape index (κ2) is 8.07. The second-order valence-corrected chi connectivity index (χ2v) is 9.76.